The number of carbonyl (C=O) groups excluding carboxylic acids is 1. The Morgan fingerprint density at radius 1 is 1.26 bits per heavy atom. The van der Waals surface area contributed by atoms with Crippen molar-refractivity contribution in [1.29, 1.82) is 0 Å². The average molecular weight is 369 g/mol. The van der Waals surface area contributed by atoms with Crippen LogP contribution in [-0.2, 0) is 11.3 Å². The smallest absolute Gasteiger partial charge is 0.252 e. The van der Waals surface area contributed by atoms with Crippen LogP contribution in [0.1, 0.15) is 41.4 Å². The maximum absolute atomic E-state index is 12.2. The quantitative estimate of drug-likeness (QED) is 0.842. The maximum atomic E-state index is 12.2. The summed E-state index contributed by atoms with van der Waals surface area (Å²) >= 11 is 0. The van der Waals surface area contributed by atoms with Gasteiger partial charge >= 0.3 is 0 Å². The number of hydrogen-bond acceptors (Lipinski definition) is 5. The van der Waals surface area contributed by atoms with Crippen LogP contribution >= 0.6 is 0 Å². The van der Waals surface area contributed by atoms with E-state index in [1.165, 1.54) is 5.69 Å². The summed E-state index contributed by atoms with van der Waals surface area (Å²) < 4.78 is 7.62. The van der Waals surface area contributed by atoms with E-state index in [0.29, 0.717) is 12.1 Å². The van der Waals surface area contributed by atoms with Gasteiger partial charge < -0.3 is 10.1 Å². The number of ether oxygens (including phenoxy) is 1. The van der Waals surface area contributed by atoms with E-state index in [0.717, 1.165) is 58.0 Å². The van der Waals surface area contributed by atoms with Crippen molar-refractivity contribution >= 4 is 5.91 Å². The second-order valence-corrected chi connectivity index (χ2v) is 7.46. The third-order valence-electron chi connectivity index (χ3n) is 5.50. The average Bonchev–Trinajstić information content (AvgIpc) is 3.18. The van der Waals surface area contributed by atoms with E-state index in [1.54, 1.807) is 24.5 Å². The third kappa shape index (κ3) is 4.54. The Morgan fingerprint density at radius 3 is 2.96 bits per heavy atom. The van der Waals surface area contributed by atoms with Gasteiger partial charge in [-0.2, -0.15) is 5.10 Å². The molecular formula is C20H27N5O2. The van der Waals surface area contributed by atoms with Crippen LogP contribution in [0.4, 0.5) is 0 Å². The fraction of sp³-hybridized carbons (Fsp3) is 0.550. The molecule has 0 aromatic carbocycles. The summed E-state index contributed by atoms with van der Waals surface area (Å²) in [6, 6.07) is 5.96. The normalized spacial score (nSPS) is 21.0. The zero-order valence-corrected chi connectivity index (χ0v) is 15.6. The molecule has 1 N–H and O–H groups in total. The van der Waals surface area contributed by atoms with E-state index >= 15 is 0 Å². The summed E-state index contributed by atoms with van der Waals surface area (Å²) in [6.45, 7) is 5.46. The van der Waals surface area contributed by atoms with Gasteiger partial charge in [0.1, 0.15) is 0 Å². The first-order chi connectivity index (χ1) is 13.3. The van der Waals surface area contributed by atoms with Crippen LogP contribution in [0.5, 0.6) is 0 Å². The molecule has 7 nitrogen and oxygen atoms in total. The summed E-state index contributed by atoms with van der Waals surface area (Å²) in [4.78, 5) is 18.8. The molecule has 2 aromatic rings. The highest BCUT2D eigenvalue weighted by Crippen LogP contribution is 2.25. The molecule has 1 fully saturated rings. The van der Waals surface area contributed by atoms with Gasteiger partial charge in [0.15, 0.2) is 0 Å². The van der Waals surface area contributed by atoms with Gasteiger partial charge in [0, 0.05) is 58.0 Å². The van der Waals surface area contributed by atoms with Gasteiger partial charge in [-0.1, -0.05) is 0 Å². The molecular weight excluding hydrogens is 342 g/mol. The lowest BCUT2D eigenvalue weighted by Gasteiger charge is -2.36. The zero-order chi connectivity index (χ0) is 18.5. The van der Waals surface area contributed by atoms with Crippen molar-refractivity contribution in [3.05, 3.63) is 48.0 Å². The molecule has 1 saturated heterocycles. The van der Waals surface area contributed by atoms with Gasteiger partial charge in [0.2, 0.25) is 0 Å². The molecule has 0 bridgehead atoms. The monoisotopic (exact) mass is 369 g/mol. The Morgan fingerprint density at radius 2 is 2.15 bits per heavy atom. The Hall–Kier alpha value is -2.25. The Kier molecular flexibility index (Phi) is 5.79. The van der Waals surface area contributed by atoms with Gasteiger partial charge in [-0.05, 0) is 43.4 Å². The molecule has 0 saturated carbocycles. The van der Waals surface area contributed by atoms with E-state index in [-0.39, 0.29) is 11.9 Å². The first-order valence-electron chi connectivity index (χ1n) is 9.80. The molecule has 2 aliphatic heterocycles. The first-order valence-corrected chi connectivity index (χ1v) is 9.80. The minimum atomic E-state index is -0.0707. The molecule has 7 heteroatoms. The predicted octanol–water partition coefficient (Wildman–Crippen LogP) is 1.88. The summed E-state index contributed by atoms with van der Waals surface area (Å²) in [5.41, 5.74) is 1.86. The lowest BCUT2D eigenvalue weighted by Crippen LogP contribution is -2.42. The zero-order valence-electron chi connectivity index (χ0n) is 15.6. The second-order valence-electron chi connectivity index (χ2n) is 7.46. The van der Waals surface area contributed by atoms with E-state index in [9.17, 15) is 4.79 Å². The van der Waals surface area contributed by atoms with E-state index in [1.807, 2.05) is 6.20 Å². The largest absolute Gasteiger partial charge is 0.381 e. The van der Waals surface area contributed by atoms with E-state index in [4.69, 9.17) is 4.74 Å². The number of nitrogens with one attached hydrogen (secondary N) is 1. The van der Waals surface area contributed by atoms with E-state index in [2.05, 4.69) is 31.0 Å². The minimum absolute atomic E-state index is 0.0707. The van der Waals surface area contributed by atoms with Gasteiger partial charge in [-0.15, -0.1) is 0 Å². The van der Waals surface area contributed by atoms with Crippen molar-refractivity contribution in [3.63, 3.8) is 0 Å². The highest BCUT2D eigenvalue weighted by Gasteiger charge is 2.27. The lowest BCUT2D eigenvalue weighted by atomic mass is 9.98. The van der Waals surface area contributed by atoms with Crippen molar-refractivity contribution in [1.82, 2.24) is 25.0 Å². The van der Waals surface area contributed by atoms with Gasteiger partial charge in [0.25, 0.3) is 5.91 Å². The topological polar surface area (TPSA) is 72.3 Å². The number of carbonyl (C=O) groups is 1. The molecule has 4 heterocycles. The van der Waals surface area contributed by atoms with Gasteiger partial charge in [-0.25, -0.2) is 0 Å². The third-order valence-corrected chi connectivity index (χ3v) is 5.50. The van der Waals surface area contributed by atoms with Crippen LogP contribution in [0.25, 0.3) is 0 Å². The maximum Gasteiger partial charge on any atom is 0.252 e. The standard InChI is InChI=1S/C20H27N5O2/c26-20(17-2-1-7-21-12-17)22-8-3-18-14-24(13-16-5-10-27-11-6-16)15-19-4-9-23-25(18)19/h1-2,4,7,9,12,16,18H,3,5-6,8,10-11,13-15H2,(H,22,26)/t18-/m1/s1. The number of nitrogens with zero attached hydrogens (tertiary/aromatic N) is 4. The van der Waals surface area contributed by atoms with Crippen molar-refractivity contribution in [3.8, 4) is 0 Å². The van der Waals surface area contributed by atoms with Crippen LogP contribution in [0, 0.1) is 5.92 Å². The first kappa shape index (κ1) is 18.1. The van der Waals surface area contributed by atoms with Crippen molar-refractivity contribution in [2.75, 3.05) is 32.8 Å². The fourth-order valence-corrected chi connectivity index (χ4v) is 4.06. The molecule has 0 radical (unpaired) electrons. The molecule has 4 rings (SSSR count). The molecule has 0 spiro atoms. The molecule has 27 heavy (non-hydrogen) atoms. The van der Waals surface area contributed by atoms with Crippen LogP contribution in [0.15, 0.2) is 36.8 Å². The fourth-order valence-electron chi connectivity index (χ4n) is 4.06. The molecule has 0 unspecified atom stereocenters. The predicted molar refractivity (Wildman–Crippen MR) is 101 cm³/mol. The number of rotatable bonds is 6. The van der Waals surface area contributed by atoms with Crippen LogP contribution in [0.2, 0.25) is 0 Å². The Labute approximate surface area is 159 Å². The van der Waals surface area contributed by atoms with Crippen LogP contribution in [0.3, 0.4) is 0 Å². The Balaban J connectivity index is 1.33. The second kappa shape index (κ2) is 8.63. The van der Waals surface area contributed by atoms with Crippen molar-refractivity contribution in [2.24, 2.45) is 5.92 Å². The Bertz CT molecular complexity index is 742. The summed E-state index contributed by atoms with van der Waals surface area (Å²) in [5.74, 6) is 0.651. The summed E-state index contributed by atoms with van der Waals surface area (Å²) in [6.07, 6.45) is 8.32. The highest BCUT2D eigenvalue weighted by molar-refractivity contribution is 5.93. The van der Waals surface area contributed by atoms with Gasteiger partial charge in [0.05, 0.1) is 17.3 Å². The number of hydrogen-bond donors (Lipinski definition) is 1. The number of amides is 1. The SMILES string of the molecule is O=C(NCC[C@@H]1CN(CC2CCOCC2)Cc2ccnn21)c1cccnc1. The molecule has 1 atom stereocenters. The molecule has 144 valence electrons. The van der Waals surface area contributed by atoms with Crippen LogP contribution < -0.4 is 5.32 Å². The van der Waals surface area contributed by atoms with Crippen molar-refractivity contribution < 1.29 is 9.53 Å². The minimum Gasteiger partial charge on any atom is -0.381 e. The number of fused-ring (bicyclic) bond motifs is 1. The molecule has 2 aromatic heterocycles. The number of aromatic nitrogens is 3. The van der Waals surface area contributed by atoms with E-state index < -0.39 is 0 Å². The molecule has 1 amide bonds. The molecule has 0 aliphatic carbocycles. The van der Waals surface area contributed by atoms with Crippen molar-refractivity contribution in [2.45, 2.75) is 31.8 Å². The highest BCUT2D eigenvalue weighted by atomic mass is 16.5. The van der Waals surface area contributed by atoms with Crippen LogP contribution in [-0.4, -0.2) is 58.4 Å². The lowest BCUT2D eigenvalue weighted by molar-refractivity contribution is 0.0443. The van der Waals surface area contributed by atoms with Gasteiger partial charge in [-0.3, -0.25) is 19.4 Å². The summed E-state index contributed by atoms with van der Waals surface area (Å²) in [7, 11) is 0. The molecule has 2 aliphatic rings. The summed E-state index contributed by atoms with van der Waals surface area (Å²) in [5, 5.41) is 7.53. The number of pyridine rings is 1.